The van der Waals surface area contributed by atoms with Crippen molar-refractivity contribution in [3.8, 4) is 5.82 Å². The van der Waals surface area contributed by atoms with Gasteiger partial charge in [0.1, 0.15) is 18.6 Å². The number of nitrogens with one attached hydrogen (secondary N) is 1. The number of aromatic nitrogens is 3. The number of primary amides is 1. The fourth-order valence-corrected chi connectivity index (χ4v) is 3.70. The van der Waals surface area contributed by atoms with Crippen LogP contribution in [0.1, 0.15) is 42.4 Å². The molecule has 0 radical (unpaired) electrons. The van der Waals surface area contributed by atoms with E-state index in [1.54, 1.807) is 29.2 Å². The number of nitrogens with two attached hydrogens (primary N) is 1. The van der Waals surface area contributed by atoms with Crippen molar-refractivity contribution in [3.63, 3.8) is 0 Å². The maximum atomic E-state index is 13.5. The molecule has 1 unspecified atom stereocenters. The Hall–Kier alpha value is -4.14. The largest absolute Gasteiger partial charge is 0.447 e. The van der Waals surface area contributed by atoms with E-state index in [-0.39, 0.29) is 17.4 Å². The Bertz CT molecular complexity index is 1210. The number of hydrogen-bond donors (Lipinski definition) is 2. The van der Waals surface area contributed by atoms with Gasteiger partial charge in [0.25, 0.3) is 5.91 Å². The second kappa shape index (κ2) is 9.01. The molecule has 2 aromatic heterocycles. The van der Waals surface area contributed by atoms with Crippen LogP contribution in [0.25, 0.3) is 5.82 Å². The molecular weight excluding hydrogens is 434 g/mol. The van der Waals surface area contributed by atoms with Gasteiger partial charge in [-0.15, -0.1) is 0 Å². The molecule has 9 heteroatoms. The van der Waals surface area contributed by atoms with Gasteiger partial charge in [-0.25, -0.2) is 9.67 Å². The highest BCUT2D eigenvalue weighted by Crippen LogP contribution is 2.28. The molecule has 0 spiro atoms. The van der Waals surface area contributed by atoms with Crippen LogP contribution in [0.4, 0.5) is 0 Å². The fourth-order valence-electron chi connectivity index (χ4n) is 3.70. The molecule has 1 aliphatic rings. The molecule has 0 saturated heterocycles. The minimum atomic E-state index is -1.88. The zero-order valence-corrected chi connectivity index (χ0v) is 19.3. The Morgan fingerprint density at radius 1 is 1.09 bits per heavy atom. The second-order valence-corrected chi connectivity index (χ2v) is 9.03. The number of hydrogen-bond acceptors (Lipinski definition) is 6. The molecule has 0 bridgehead atoms. The summed E-state index contributed by atoms with van der Waals surface area (Å²) in [6, 6.07) is 13.6. The maximum absolute atomic E-state index is 13.5. The van der Waals surface area contributed by atoms with Gasteiger partial charge in [0.2, 0.25) is 0 Å². The van der Waals surface area contributed by atoms with Gasteiger partial charge in [-0.3, -0.25) is 9.59 Å². The summed E-state index contributed by atoms with van der Waals surface area (Å²) < 4.78 is 12.6. The molecule has 176 valence electrons. The quantitative estimate of drug-likeness (QED) is 0.558. The van der Waals surface area contributed by atoms with Crippen molar-refractivity contribution >= 4 is 11.8 Å². The minimum absolute atomic E-state index is 0.165. The third-order valence-electron chi connectivity index (χ3n) is 5.54. The van der Waals surface area contributed by atoms with Crippen molar-refractivity contribution in [3.05, 3.63) is 90.3 Å². The number of rotatable bonds is 7. The van der Waals surface area contributed by atoms with Gasteiger partial charge in [-0.2, -0.15) is 5.10 Å². The lowest BCUT2D eigenvalue weighted by molar-refractivity contribution is -0.182. The predicted molar refractivity (Wildman–Crippen MR) is 125 cm³/mol. The lowest BCUT2D eigenvalue weighted by Gasteiger charge is -2.33. The molecule has 0 saturated carbocycles. The van der Waals surface area contributed by atoms with Gasteiger partial charge in [-0.05, 0) is 23.8 Å². The number of carbonyl (C=O) groups excluding carboxylic acids is 2. The third kappa shape index (κ3) is 4.50. The van der Waals surface area contributed by atoms with E-state index in [1.165, 1.54) is 12.5 Å². The zero-order valence-electron chi connectivity index (χ0n) is 19.3. The Morgan fingerprint density at radius 2 is 1.79 bits per heavy atom. The number of ether oxygens (including phenoxy) is 2. The first-order chi connectivity index (χ1) is 16.2. The predicted octanol–water partition coefficient (Wildman–Crippen LogP) is 2.61. The van der Waals surface area contributed by atoms with E-state index in [9.17, 15) is 9.59 Å². The van der Waals surface area contributed by atoms with Gasteiger partial charge < -0.3 is 20.5 Å². The molecular formula is C25H27N5O4. The topological polar surface area (TPSA) is 121 Å². The van der Waals surface area contributed by atoms with Crippen LogP contribution in [-0.4, -0.2) is 38.4 Å². The molecule has 3 aromatic rings. The van der Waals surface area contributed by atoms with Gasteiger partial charge in [0.15, 0.2) is 5.82 Å². The average molecular weight is 462 g/mol. The molecule has 3 N–H and O–H groups in total. The van der Waals surface area contributed by atoms with Crippen LogP contribution >= 0.6 is 0 Å². The molecule has 0 aliphatic carbocycles. The summed E-state index contributed by atoms with van der Waals surface area (Å²) in [5, 5.41) is 7.48. The van der Waals surface area contributed by atoms with Crippen molar-refractivity contribution in [1.82, 2.24) is 20.1 Å². The monoisotopic (exact) mass is 461 g/mol. The molecule has 34 heavy (non-hydrogen) atoms. The van der Waals surface area contributed by atoms with Crippen LogP contribution in [0.15, 0.2) is 73.4 Å². The molecule has 0 fully saturated rings. The van der Waals surface area contributed by atoms with Crippen LogP contribution in [-0.2, 0) is 26.1 Å². The summed E-state index contributed by atoms with van der Waals surface area (Å²) in [5.74, 6) is -2.85. The summed E-state index contributed by atoms with van der Waals surface area (Å²) >= 11 is 0. The Labute approximate surface area is 197 Å². The van der Waals surface area contributed by atoms with Crippen LogP contribution in [0, 0.1) is 0 Å². The third-order valence-corrected chi connectivity index (χ3v) is 5.54. The zero-order chi connectivity index (χ0) is 24.3. The molecule has 1 aliphatic heterocycles. The number of benzene rings is 1. The van der Waals surface area contributed by atoms with Crippen molar-refractivity contribution in [2.45, 2.75) is 44.4 Å². The second-order valence-electron chi connectivity index (χ2n) is 9.03. The van der Waals surface area contributed by atoms with E-state index in [0.717, 1.165) is 11.3 Å². The first kappa shape index (κ1) is 23.0. The average Bonchev–Trinajstić information content (AvgIpc) is 3.50. The summed E-state index contributed by atoms with van der Waals surface area (Å²) in [6.45, 7) is 6.16. The van der Waals surface area contributed by atoms with Crippen LogP contribution < -0.4 is 11.1 Å². The fraction of sp³-hybridized carbons (Fsp3) is 0.280. The van der Waals surface area contributed by atoms with Crippen molar-refractivity contribution in [2.24, 2.45) is 5.73 Å². The van der Waals surface area contributed by atoms with Crippen molar-refractivity contribution in [1.29, 1.82) is 0 Å². The van der Waals surface area contributed by atoms with Gasteiger partial charge in [0.05, 0.1) is 11.3 Å². The Balaban J connectivity index is 1.67. The van der Waals surface area contributed by atoms with E-state index in [1.807, 2.05) is 36.4 Å². The first-order valence-electron chi connectivity index (χ1n) is 10.9. The summed E-state index contributed by atoms with van der Waals surface area (Å²) in [7, 11) is 0. The Kier molecular flexibility index (Phi) is 6.10. The molecule has 2 amide bonds. The van der Waals surface area contributed by atoms with Crippen LogP contribution in [0.2, 0.25) is 0 Å². The van der Waals surface area contributed by atoms with E-state index >= 15 is 0 Å². The van der Waals surface area contributed by atoms with Crippen molar-refractivity contribution in [2.75, 3.05) is 0 Å². The van der Waals surface area contributed by atoms with E-state index in [0.29, 0.717) is 5.82 Å². The van der Waals surface area contributed by atoms with Gasteiger partial charge >= 0.3 is 11.7 Å². The molecule has 1 aromatic carbocycles. The maximum Gasteiger partial charge on any atom is 0.352 e. The summed E-state index contributed by atoms with van der Waals surface area (Å²) in [6.07, 6.45) is 6.07. The normalized spacial score (nSPS) is 15.3. The van der Waals surface area contributed by atoms with Gasteiger partial charge in [-0.1, -0.05) is 51.1 Å². The molecule has 4 rings (SSSR count). The smallest absolute Gasteiger partial charge is 0.352 e. The lowest BCUT2D eigenvalue weighted by Crippen LogP contribution is -2.61. The number of nitrogens with zero attached hydrogens (tertiary/aromatic N) is 3. The number of carbonyl (C=O) groups is 2. The first-order valence-corrected chi connectivity index (χ1v) is 10.9. The molecule has 9 nitrogen and oxygen atoms in total. The number of pyridine rings is 1. The summed E-state index contributed by atoms with van der Waals surface area (Å²) in [4.78, 5) is 30.3. The highest BCUT2D eigenvalue weighted by molar-refractivity contribution is 5.98. The van der Waals surface area contributed by atoms with E-state index in [4.69, 9.17) is 15.2 Å². The van der Waals surface area contributed by atoms with Crippen LogP contribution in [0.3, 0.4) is 0 Å². The Morgan fingerprint density at radius 3 is 2.41 bits per heavy atom. The minimum Gasteiger partial charge on any atom is -0.447 e. The number of amides is 2. The standard InChI is InChI=1S/C25H27N5O4/c1-24(2,3)19-11-13-30(29-19)21-18(10-7-12-27-21)22(31)28-20(16-17-8-5-4-6-9-17)25(23(26)32)33-14-15-34-25/h4-15,20H,16H2,1-3H3,(H2,26,32)(H,28,31). The highest BCUT2D eigenvalue weighted by Gasteiger charge is 2.51. The van der Waals surface area contributed by atoms with Crippen molar-refractivity contribution < 1.29 is 19.1 Å². The van der Waals surface area contributed by atoms with E-state index in [2.05, 4.69) is 36.2 Å². The highest BCUT2D eigenvalue weighted by atomic mass is 16.7. The summed E-state index contributed by atoms with van der Waals surface area (Å²) in [5.41, 5.74) is 7.49. The lowest BCUT2D eigenvalue weighted by atomic mass is 9.93. The van der Waals surface area contributed by atoms with Gasteiger partial charge in [0, 0.05) is 24.2 Å². The van der Waals surface area contributed by atoms with E-state index < -0.39 is 23.6 Å². The van der Waals surface area contributed by atoms with Crippen LogP contribution in [0.5, 0.6) is 0 Å². The SMILES string of the molecule is CC(C)(C)c1ccn(-c2ncccc2C(=O)NC(Cc2ccccc2)C2(C(N)=O)OC=CO2)n1. The molecule has 1 atom stereocenters. The molecule has 3 heterocycles.